The zero-order valence-electron chi connectivity index (χ0n) is 15.2. The number of anilines is 1. The topological polar surface area (TPSA) is 111 Å². The Morgan fingerprint density at radius 3 is 2.54 bits per heavy atom. The monoisotopic (exact) mass is 382 g/mol. The molecule has 3 rings (SSSR count). The van der Waals surface area contributed by atoms with Crippen LogP contribution in [-0.2, 0) is 9.53 Å². The summed E-state index contributed by atoms with van der Waals surface area (Å²) in [6, 6.07) is 14.4. The third-order valence-corrected chi connectivity index (χ3v) is 3.88. The molecule has 2 N–H and O–H groups in total. The van der Waals surface area contributed by atoms with Crippen molar-refractivity contribution in [2.24, 2.45) is 0 Å². The van der Waals surface area contributed by atoms with Crippen LogP contribution < -0.4 is 10.1 Å². The SMILES string of the molecule is COc1cccc(C(=O)O[C@H](C(=O)Nc2cc(C)on2)c2ccccc2)c1O. The van der Waals surface area contributed by atoms with Crippen molar-refractivity contribution in [1.82, 2.24) is 5.16 Å². The van der Waals surface area contributed by atoms with Gasteiger partial charge in [-0.25, -0.2) is 4.79 Å². The normalized spacial score (nSPS) is 11.5. The Hall–Kier alpha value is -3.81. The number of carbonyl (C=O) groups excluding carboxylic acids is 2. The first-order valence-electron chi connectivity index (χ1n) is 8.35. The number of aromatic hydroxyl groups is 1. The van der Waals surface area contributed by atoms with E-state index in [1.807, 2.05) is 0 Å². The van der Waals surface area contributed by atoms with Crippen molar-refractivity contribution in [1.29, 1.82) is 0 Å². The number of carbonyl (C=O) groups is 2. The largest absolute Gasteiger partial charge is 0.504 e. The van der Waals surface area contributed by atoms with Crippen LogP contribution in [0.3, 0.4) is 0 Å². The van der Waals surface area contributed by atoms with Crippen molar-refractivity contribution in [3.8, 4) is 11.5 Å². The molecule has 1 amide bonds. The molecule has 0 aliphatic carbocycles. The quantitative estimate of drug-likeness (QED) is 0.630. The van der Waals surface area contributed by atoms with Crippen molar-refractivity contribution in [2.75, 3.05) is 12.4 Å². The van der Waals surface area contributed by atoms with E-state index in [0.717, 1.165) is 0 Å². The van der Waals surface area contributed by atoms with Crippen molar-refractivity contribution in [3.63, 3.8) is 0 Å². The first kappa shape index (κ1) is 19.0. The van der Waals surface area contributed by atoms with Gasteiger partial charge >= 0.3 is 5.97 Å². The van der Waals surface area contributed by atoms with Crippen molar-refractivity contribution in [3.05, 3.63) is 71.5 Å². The van der Waals surface area contributed by atoms with Crippen molar-refractivity contribution < 1.29 is 28.7 Å². The summed E-state index contributed by atoms with van der Waals surface area (Å²) in [5.74, 6) is -1.02. The minimum Gasteiger partial charge on any atom is -0.504 e. The van der Waals surface area contributed by atoms with Gasteiger partial charge in [0.25, 0.3) is 5.91 Å². The van der Waals surface area contributed by atoms with Crippen molar-refractivity contribution in [2.45, 2.75) is 13.0 Å². The third kappa shape index (κ3) is 4.12. The van der Waals surface area contributed by atoms with Crippen molar-refractivity contribution >= 4 is 17.7 Å². The summed E-state index contributed by atoms with van der Waals surface area (Å²) in [4.78, 5) is 25.4. The van der Waals surface area contributed by atoms with Gasteiger partial charge in [-0.1, -0.05) is 41.6 Å². The van der Waals surface area contributed by atoms with E-state index < -0.39 is 18.0 Å². The molecule has 0 saturated heterocycles. The molecular weight excluding hydrogens is 364 g/mol. The standard InChI is InChI=1S/C20H18N2O6/c1-12-11-16(22-28-12)21-19(24)18(13-7-4-3-5-8-13)27-20(25)14-9-6-10-15(26-2)17(14)23/h3-11,18,23H,1-2H3,(H,21,22,24)/t18-/m0/s1. The highest BCUT2D eigenvalue weighted by Crippen LogP contribution is 2.31. The summed E-state index contributed by atoms with van der Waals surface area (Å²) in [5, 5.41) is 16.4. The molecule has 2 aromatic carbocycles. The second-order valence-corrected chi connectivity index (χ2v) is 5.86. The van der Waals surface area contributed by atoms with E-state index >= 15 is 0 Å². The highest BCUT2D eigenvalue weighted by atomic mass is 16.5. The maximum atomic E-state index is 12.7. The minimum absolute atomic E-state index is 0.119. The highest BCUT2D eigenvalue weighted by Gasteiger charge is 2.28. The molecule has 144 valence electrons. The highest BCUT2D eigenvalue weighted by molar-refractivity contribution is 5.99. The number of amides is 1. The van der Waals surface area contributed by atoms with Crippen LogP contribution in [0.4, 0.5) is 5.82 Å². The summed E-state index contributed by atoms with van der Waals surface area (Å²) < 4.78 is 15.3. The van der Waals surface area contributed by atoms with Crippen LogP contribution in [0, 0.1) is 6.92 Å². The molecule has 1 heterocycles. The minimum atomic E-state index is -1.27. The van der Waals surface area contributed by atoms with E-state index in [2.05, 4.69) is 10.5 Å². The number of ether oxygens (including phenoxy) is 2. The summed E-state index contributed by atoms with van der Waals surface area (Å²) >= 11 is 0. The number of rotatable bonds is 6. The lowest BCUT2D eigenvalue weighted by Crippen LogP contribution is -2.26. The zero-order chi connectivity index (χ0) is 20.1. The van der Waals surface area contributed by atoms with E-state index in [1.54, 1.807) is 37.3 Å². The fourth-order valence-corrected chi connectivity index (χ4v) is 2.54. The van der Waals surface area contributed by atoms with Gasteiger partial charge in [0.1, 0.15) is 11.3 Å². The number of aryl methyl sites for hydroxylation is 1. The van der Waals surface area contributed by atoms with Crippen LogP contribution >= 0.6 is 0 Å². The molecule has 8 heteroatoms. The van der Waals surface area contributed by atoms with Gasteiger partial charge in [-0.2, -0.15) is 0 Å². The second kappa shape index (κ2) is 8.26. The van der Waals surface area contributed by atoms with Crippen LogP contribution in [0.25, 0.3) is 0 Å². The van der Waals surface area contributed by atoms with Gasteiger partial charge in [0.2, 0.25) is 6.10 Å². The summed E-state index contributed by atoms with van der Waals surface area (Å²) in [5.41, 5.74) is 0.335. The smallest absolute Gasteiger partial charge is 0.343 e. The molecule has 8 nitrogen and oxygen atoms in total. The van der Waals surface area contributed by atoms with Crippen LogP contribution in [0.5, 0.6) is 11.5 Å². The Kier molecular flexibility index (Phi) is 5.59. The van der Waals surface area contributed by atoms with Crippen LogP contribution in [0.2, 0.25) is 0 Å². The Morgan fingerprint density at radius 2 is 1.89 bits per heavy atom. The molecule has 1 atom stereocenters. The lowest BCUT2D eigenvalue weighted by Gasteiger charge is -2.18. The Balaban J connectivity index is 1.87. The van der Waals surface area contributed by atoms with E-state index in [4.69, 9.17) is 14.0 Å². The molecule has 0 aliphatic heterocycles. The second-order valence-electron chi connectivity index (χ2n) is 5.86. The summed E-state index contributed by atoms with van der Waals surface area (Å²) in [6.07, 6.45) is -1.27. The molecule has 0 saturated carbocycles. The first-order valence-corrected chi connectivity index (χ1v) is 8.35. The number of benzene rings is 2. The Bertz CT molecular complexity index is 983. The number of aromatic nitrogens is 1. The van der Waals surface area contributed by atoms with E-state index in [1.165, 1.54) is 31.4 Å². The lowest BCUT2D eigenvalue weighted by molar-refractivity contribution is -0.125. The van der Waals surface area contributed by atoms with Gasteiger partial charge in [-0.3, -0.25) is 4.79 Å². The van der Waals surface area contributed by atoms with Crippen LogP contribution in [0.15, 0.2) is 59.1 Å². The third-order valence-electron chi connectivity index (χ3n) is 3.88. The predicted octanol–water partition coefficient (Wildman–Crippen LogP) is 3.23. The molecule has 0 bridgehead atoms. The van der Waals surface area contributed by atoms with Gasteiger partial charge in [0.15, 0.2) is 17.3 Å². The number of phenols is 1. The number of phenolic OH excluding ortho intramolecular Hbond substituents is 1. The maximum Gasteiger partial charge on any atom is 0.343 e. The zero-order valence-corrected chi connectivity index (χ0v) is 15.2. The van der Waals surface area contributed by atoms with Gasteiger partial charge in [0.05, 0.1) is 7.11 Å². The van der Waals surface area contributed by atoms with Gasteiger partial charge in [0, 0.05) is 11.6 Å². The van der Waals surface area contributed by atoms with Crippen LogP contribution in [0.1, 0.15) is 27.8 Å². The molecule has 0 spiro atoms. The molecule has 0 fully saturated rings. The Morgan fingerprint density at radius 1 is 1.14 bits per heavy atom. The number of para-hydroxylation sites is 1. The number of esters is 1. The average molecular weight is 382 g/mol. The molecule has 0 aliphatic rings. The molecule has 0 radical (unpaired) electrons. The number of hydrogen-bond donors (Lipinski definition) is 2. The Labute approximate surface area is 160 Å². The molecule has 28 heavy (non-hydrogen) atoms. The van der Waals surface area contributed by atoms with E-state index in [9.17, 15) is 14.7 Å². The lowest BCUT2D eigenvalue weighted by atomic mass is 10.1. The number of hydrogen-bond acceptors (Lipinski definition) is 7. The van der Waals surface area contributed by atoms with Gasteiger partial charge < -0.3 is 24.4 Å². The fraction of sp³-hybridized carbons (Fsp3) is 0.150. The van der Waals surface area contributed by atoms with E-state index in [-0.39, 0.29) is 22.9 Å². The molecular formula is C20H18N2O6. The summed E-state index contributed by atoms with van der Waals surface area (Å²) in [7, 11) is 1.37. The first-order chi connectivity index (χ1) is 13.5. The fourth-order valence-electron chi connectivity index (χ4n) is 2.54. The van der Waals surface area contributed by atoms with Gasteiger partial charge in [-0.05, 0) is 19.1 Å². The number of methoxy groups -OCH3 is 1. The van der Waals surface area contributed by atoms with Gasteiger partial charge in [-0.15, -0.1) is 0 Å². The molecule has 1 aromatic heterocycles. The summed E-state index contributed by atoms with van der Waals surface area (Å²) in [6.45, 7) is 1.68. The average Bonchev–Trinajstić information content (AvgIpc) is 3.11. The number of nitrogens with zero attached hydrogens (tertiary/aromatic N) is 1. The predicted molar refractivity (Wildman–Crippen MR) is 99.1 cm³/mol. The molecule has 3 aromatic rings. The van der Waals surface area contributed by atoms with E-state index in [0.29, 0.717) is 11.3 Å². The maximum absolute atomic E-state index is 12.7. The molecule has 0 unspecified atom stereocenters. The van der Waals surface area contributed by atoms with Crippen LogP contribution in [-0.4, -0.2) is 29.2 Å². The number of nitrogens with one attached hydrogen (secondary N) is 1.